The molecule has 41 heavy (non-hydrogen) atoms. The van der Waals surface area contributed by atoms with Crippen LogP contribution in [0.25, 0.3) is 32.7 Å². The standard InChI is InChI=1S/C19H15N3O3.C11H9ClN2O2/c1-24-18-10-16-13(9-14(18)19(20)23)17(5-7-22-16)25-12-2-3-15-11(8-12)4-6-21-15;1-16-10-5-9-6(4-7(10)11(13)15)8(12)2-3-14-9/h2-10,21H,1H3,(H2,20,23);2-5H,1H3,(H2,13,15). The Kier molecular flexibility index (Phi) is 7.57. The number of benzene rings is 3. The fraction of sp³-hybridized carbons (Fsp3) is 0.0667. The Hall–Kier alpha value is -5.35. The molecule has 0 aliphatic carbocycles. The van der Waals surface area contributed by atoms with Crippen LogP contribution in [0.2, 0.25) is 5.02 Å². The zero-order valence-corrected chi connectivity index (χ0v) is 22.7. The zero-order valence-electron chi connectivity index (χ0n) is 22.0. The van der Waals surface area contributed by atoms with E-state index in [1.165, 1.54) is 14.2 Å². The van der Waals surface area contributed by atoms with Gasteiger partial charge in [0.05, 0.1) is 41.4 Å². The predicted octanol–water partition coefficient (Wildman–Crippen LogP) is 5.61. The number of aromatic nitrogens is 3. The first-order valence-electron chi connectivity index (χ1n) is 12.2. The van der Waals surface area contributed by atoms with Gasteiger partial charge in [-0.25, -0.2) is 0 Å². The second-order valence-electron chi connectivity index (χ2n) is 8.80. The lowest BCUT2D eigenvalue weighted by Crippen LogP contribution is -2.12. The molecule has 11 heteroatoms. The van der Waals surface area contributed by atoms with Gasteiger partial charge in [-0.15, -0.1) is 0 Å². The normalized spacial score (nSPS) is 10.7. The number of nitrogens with one attached hydrogen (secondary N) is 1. The number of nitrogens with two attached hydrogens (primary N) is 2. The summed E-state index contributed by atoms with van der Waals surface area (Å²) < 4.78 is 16.3. The van der Waals surface area contributed by atoms with Crippen LogP contribution in [0.5, 0.6) is 23.0 Å². The molecule has 10 nitrogen and oxygen atoms in total. The quantitative estimate of drug-likeness (QED) is 0.235. The molecule has 3 aromatic heterocycles. The Morgan fingerprint density at radius 3 is 2.00 bits per heavy atom. The number of fused-ring (bicyclic) bond motifs is 3. The molecule has 3 heterocycles. The van der Waals surface area contributed by atoms with Gasteiger partial charge in [0.25, 0.3) is 11.8 Å². The Morgan fingerprint density at radius 1 is 0.756 bits per heavy atom. The highest BCUT2D eigenvalue weighted by Gasteiger charge is 2.15. The number of aromatic amines is 1. The molecule has 0 aliphatic rings. The van der Waals surface area contributed by atoms with Gasteiger partial charge in [-0.3, -0.25) is 19.6 Å². The summed E-state index contributed by atoms with van der Waals surface area (Å²) in [5.74, 6) is 0.940. The number of nitrogens with zero attached hydrogens (tertiary/aromatic N) is 2. The van der Waals surface area contributed by atoms with E-state index in [9.17, 15) is 9.59 Å². The first-order valence-corrected chi connectivity index (χ1v) is 12.6. The third kappa shape index (κ3) is 5.54. The van der Waals surface area contributed by atoms with E-state index in [4.69, 9.17) is 37.3 Å². The Labute approximate surface area is 238 Å². The number of ether oxygens (including phenoxy) is 3. The van der Waals surface area contributed by atoms with Crippen LogP contribution in [0.1, 0.15) is 20.7 Å². The predicted molar refractivity (Wildman–Crippen MR) is 157 cm³/mol. The average molecular weight is 570 g/mol. The van der Waals surface area contributed by atoms with E-state index in [1.807, 2.05) is 30.5 Å². The molecule has 0 spiro atoms. The number of primary amides is 2. The van der Waals surface area contributed by atoms with Crippen molar-refractivity contribution < 1.29 is 23.8 Å². The number of hydrogen-bond acceptors (Lipinski definition) is 7. The van der Waals surface area contributed by atoms with Crippen molar-refractivity contribution in [3.05, 3.63) is 95.4 Å². The highest BCUT2D eigenvalue weighted by Crippen LogP contribution is 2.34. The summed E-state index contributed by atoms with van der Waals surface area (Å²) >= 11 is 6.00. The highest BCUT2D eigenvalue weighted by atomic mass is 35.5. The number of pyridine rings is 2. The maximum Gasteiger partial charge on any atom is 0.252 e. The van der Waals surface area contributed by atoms with Crippen LogP contribution in [0.15, 0.2) is 79.3 Å². The molecule has 0 atom stereocenters. The number of hydrogen-bond donors (Lipinski definition) is 3. The summed E-state index contributed by atoms with van der Waals surface area (Å²) in [7, 11) is 2.96. The van der Waals surface area contributed by atoms with Gasteiger partial charge in [0.2, 0.25) is 0 Å². The van der Waals surface area contributed by atoms with Gasteiger partial charge in [0.1, 0.15) is 23.0 Å². The van der Waals surface area contributed by atoms with Gasteiger partial charge < -0.3 is 30.7 Å². The lowest BCUT2D eigenvalue weighted by atomic mass is 10.1. The highest BCUT2D eigenvalue weighted by molar-refractivity contribution is 6.35. The van der Waals surface area contributed by atoms with Crippen molar-refractivity contribution in [1.29, 1.82) is 0 Å². The smallest absolute Gasteiger partial charge is 0.252 e. The molecule has 0 bridgehead atoms. The maximum atomic E-state index is 11.7. The molecule has 6 rings (SSSR count). The SMILES string of the molecule is COc1cc2nccc(Cl)c2cc1C(N)=O.COc1cc2nccc(Oc3ccc4[nH]ccc4c3)c2cc1C(N)=O. The van der Waals surface area contributed by atoms with Gasteiger partial charge in [0.15, 0.2) is 0 Å². The number of carbonyl (C=O) groups excluding carboxylic acids is 2. The molecule has 0 saturated carbocycles. The minimum absolute atomic E-state index is 0.286. The number of methoxy groups -OCH3 is 2. The molecule has 0 radical (unpaired) electrons. The van der Waals surface area contributed by atoms with Crippen LogP contribution in [0.3, 0.4) is 0 Å². The van der Waals surface area contributed by atoms with Crippen LogP contribution in [0.4, 0.5) is 0 Å². The van der Waals surface area contributed by atoms with Gasteiger partial charge in [-0.1, -0.05) is 11.6 Å². The van der Waals surface area contributed by atoms with Gasteiger partial charge in [-0.2, -0.15) is 0 Å². The first-order chi connectivity index (χ1) is 19.8. The first kappa shape index (κ1) is 27.2. The van der Waals surface area contributed by atoms with Crippen LogP contribution in [-0.2, 0) is 0 Å². The molecule has 0 aliphatic heterocycles. The van der Waals surface area contributed by atoms with E-state index >= 15 is 0 Å². The number of H-pyrrole nitrogens is 1. The minimum atomic E-state index is -0.567. The summed E-state index contributed by atoms with van der Waals surface area (Å²) in [6.07, 6.45) is 5.12. The maximum absolute atomic E-state index is 11.7. The second kappa shape index (κ2) is 11.4. The molecule has 3 aromatic carbocycles. The summed E-state index contributed by atoms with van der Waals surface area (Å²) in [5.41, 5.74) is 13.6. The second-order valence-corrected chi connectivity index (χ2v) is 9.21. The van der Waals surface area contributed by atoms with Gasteiger partial charge in [0, 0.05) is 52.4 Å². The van der Waals surface area contributed by atoms with Crippen LogP contribution in [-0.4, -0.2) is 41.0 Å². The minimum Gasteiger partial charge on any atom is -0.496 e. The molecule has 0 saturated heterocycles. The average Bonchev–Trinajstić information content (AvgIpc) is 3.44. The van der Waals surface area contributed by atoms with Crippen molar-refractivity contribution in [3.63, 3.8) is 0 Å². The molecule has 0 fully saturated rings. The van der Waals surface area contributed by atoms with Crippen molar-refractivity contribution in [2.24, 2.45) is 11.5 Å². The summed E-state index contributed by atoms with van der Waals surface area (Å²) in [4.78, 5) is 34.5. The monoisotopic (exact) mass is 569 g/mol. The van der Waals surface area contributed by atoms with E-state index in [0.29, 0.717) is 55.4 Å². The molecule has 5 N–H and O–H groups in total. The van der Waals surface area contributed by atoms with Crippen LogP contribution < -0.4 is 25.7 Å². The van der Waals surface area contributed by atoms with E-state index in [-0.39, 0.29) is 5.56 Å². The number of halogens is 1. The molecule has 0 unspecified atom stereocenters. The summed E-state index contributed by atoms with van der Waals surface area (Å²) in [6.45, 7) is 0. The summed E-state index contributed by atoms with van der Waals surface area (Å²) in [6, 6.07) is 17.7. The Morgan fingerprint density at radius 2 is 1.37 bits per heavy atom. The summed E-state index contributed by atoms with van der Waals surface area (Å²) in [5, 5.41) is 2.94. The lowest BCUT2D eigenvalue weighted by molar-refractivity contribution is 0.0989. The largest absolute Gasteiger partial charge is 0.496 e. The van der Waals surface area contributed by atoms with E-state index < -0.39 is 11.8 Å². The van der Waals surface area contributed by atoms with Crippen molar-refractivity contribution in [1.82, 2.24) is 15.0 Å². The zero-order chi connectivity index (χ0) is 29.1. The Balaban J connectivity index is 0.000000182. The molecule has 2 amide bonds. The Bertz CT molecular complexity index is 1940. The number of rotatable bonds is 6. The third-order valence-electron chi connectivity index (χ3n) is 6.32. The van der Waals surface area contributed by atoms with E-state index in [0.717, 1.165) is 10.9 Å². The molecular formula is C30H24ClN5O5. The van der Waals surface area contributed by atoms with E-state index in [1.54, 1.807) is 48.8 Å². The van der Waals surface area contributed by atoms with Gasteiger partial charge in [-0.05, 0) is 48.5 Å². The fourth-order valence-electron chi connectivity index (χ4n) is 4.32. The number of carbonyl (C=O) groups is 2. The van der Waals surface area contributed by atoms with E-state index in [2.05, 4.69) is 15.0 Å². The molecular weight excluding hydrogens is 546 g/mol. The lowest BCUT2D eigenvalue weighted by Gasteiger charge is -2.11. The van der Waals surface area contributed by atoms with Gasteiger partial charge >= 0.3 is 0 Å². The molecule has 206 valence electrons. The van der Waals surface area contributed by atoms with Crippen molar-refractivity contribution in [3.8, 4) is 23.0 Å². The fourth-order valence-corrected chi connectivity index (χ4v) is 4.53. The van der Waals surface area contributed by atoms with Crippen molar-refractivity contribution in [2.45, 2.75) is 0 Å². The topological polar surface area (TPSA) is 155 Å². The molecule has 6 aromatic rings. The van der Waals surface area contributed by atoms with Crippen molar-refractivity contribution in [2.75, 3.05) is 14.2 Å². The van der Waals surface area contributed by atoms with Crippen LogP contribution >= 0.6 is 11.6 Å². The van der Waals surface area contributed by atoms with Crippen LogP contribution in [0, 0.1) is 0 Å². The third-order valence-corrected chi connectivity index (χ3v) is 6.65. The number of amides is 2. The van der Waals surface area contributed by atoms with Crippen molar-refractivity contribution >= 4 is 56.1 Å².